The van der Waals surface area contributed by atoms with Crippen LogP contribution in [-0.2, 0) is 6.42 Å². The van der Waals surface area contributed by atoms with E-state index in [9.17, 15) is 4.79 Å². The summed E-state index contributed by atoms with van der Waals surface area (Å²) in [5.41, 5.74) is 6.12. The van der Waals surface area contributed by atoms with E-state index in [-0.39, 0.29) is 5.56 Å². The van der Waals surface area contributed by atoms with Crippen molar-refractivity contribution in [3.8, 4) is 5.69 Å². The van der Waals surface area contributed by atoms with Gasteiger partial charge in [0, 0.05) is 68.1 Å². The Morgan fingerprint density at radius 1 is 0.970 bits per heavy atom. The summed E-state index contributed by atoms with van der Waals surface area (Å²) < 4.78 is 1.68. The molecule has 1 saturated heterocycles. The third-order valence-corrected chi connectivity index (χ3v) is 6.52. The molecule has 0 atom stereocenters. The lowest BCUT2D eigenvalue weighted by Gasteiger charge is -2.36. The zero-order chi connectivity index (χ0) is 22.8. The summed E-state index contributed by atoms with van der Waals surface area (Å²) in [4.78, 5) is 24.1. The van der Waals surface area contributed by atoms with E-state index in [0.717, 1.165) is 61.3 Å². The van der Waals surface area contributed by atoms with Gasteiger partial charge in [-0.15, -0.1) is 0 Å². The molecule has 0 saturated carbocycles. The van der Waals surface area contributed by atoms with Crippen LogP contribution < -0.4 is 10.5 Å². The Bertz CT molecular complexity index is 1370. The zero-order valence-electron chi connectivity index (χ0n) is 18.8. The molecule has 0 aliphatic carbocycles. The van der Waals surface area contributed by atoms with Gasteiger partial charge in [-0.25, -0.2) is 4.85 Å². The number of piperazine rings is 1. The van der Waals surface area contributed by atoms with Crippen LogP contribution in [0.25, 0.3) is 21.4 Å². The molecule has 1 aliphatic rings. The van der Waals surface area contributed by atoms with E-state index in [1.807, 2.05) is 49.5 Å². The van der Waals surface area contributed by atoms with Crippen molar-refractivity contribution in [2.45, 2.75) is 13.3 Å². The first-order valence-electron chi connectivity index (χ1n) is 11.4. The Morgan fingerprint density at radius 3 is 2.45 bits per heavy atom. The number of nitrogens with zero attached hydrogens (tertiary/aromatic N) is 4. The van der Waals surface area contributed by atoms with Gasteiger partial charge in [0.2, 0.25) is 0 Å². The predicted octanol–water partition coefficient (Wildman–Crippen LogP) is 4.54. The van der Waals surface area contributed by atoms with Crippen molar-refractivity contribution in [1.29, 1.82) is 0 Å². The highest BCUT2D eigenvalue weighted by atomic mass is 16.1. The predicted molar refractivity (Wildman–Crippen MR) is 134 cm³/mol. The maximum Gasteiger partial charge on any atom is 0.255 e. The fourth-order valence-electron chi connectivity index (χ4n) is 4.57. The number of fused-ring (bicyclic) bond motifs is 1. The second-order valence-electron chi connectivity index (χ2n) is 8.66. The number of rotatable bonds is 5. The molecule has 6 nitrogen and oxygen atoms in total. The maximum absolute atomic E-state index is 12.2. The smallest absolute Gasteiger partial charge is 0.255 e. The average molecular weight is 438 g/mol. The molecule has 0 bridgehead atoms. The first-order chi connectivity index (χ1) is 16.1. The fraction of sp³-hybridized carbons (Fsp3) is 0.259. The van der Waals surface area contributed by atoms with Crippen molar-refractivity contribution < 1.29 is 0 Å². The molecule has 1 N–H and O–H groups in total. The van der Waals surface area contributed by atoms with Gasteiger partial charge >= 0.3 is 0 Å². The van der Waals surface area contributed by atoms with Crippen LogP contribution in [-0.4, -0.2) is 47.2 Å². The van der Waals surface area contributed by atoms with E-state index >= 15 is 0 Å². The summed E-state index contributed by atoms with van der Waals surface area (Å²) in [6, 6.07) is 17.7. The molecule has 0 amide bonds. The van der Waals surface area contributed by atoms with Crippen molar-refractivity contribution in [3.63, 3.8) is 0 Å². The lowest BCUT2D eigenvalue weighted by Crippen LogP contribution is -2.47. The topological polar surface area (TPSA) is 48.6 Å². The number of anilines is 1. The summed E-state index contributed by atoms with van der Waals surface area (Å²) in [5.74, 6) is 0. The standard InChI is InChI=1S/C27H27N5O/c1-20-9-12-32(27(33)17-20)24-6-4-23(5-7-24)31-15-13-30(14-16-31)11-10-21-19-29-26-8-3-22(28-2)18-25(21)26/h3-9,12,17-19,29H,10-11,13-16H2,1H3. The van der Waals surface area contributed by atoms with Gasteiger partial charge in [0.05, 0.1) is 6.57 Å². The van der Waals surface area contributed by atoms with E-state index in [4.69, 9.17) is 6.57 Å². The SMILES string of the molecule is [C-]#[N+]c1ccc2[nH]cc(CCN3CCN(c4ccc(-n5ccc(C)cc5=O)cc4)CC3)c2c1. The third-order valence-electron chi connectivity index (χ3n) is 6.52. The Kier molecular flexibility index (Phi) is 5.72. The molecular weight excluding hydrogens is 410 g/mol. The number of benzene rings is 2. The van der Waals surface area contributed by atoms with Gasteiger partial charge < -0.3 is 9.88 Å². The molecule has 166 valence electrons. The summed E-state index contributed by atoms with van der Waals surface area (Å²) >= 11 is 0. The average Bonchev–Trinajstić information content (AvgIpc) is 3.25. The van der Waals surface area contributed by atoms with Crippen LogP contribution >= 0.6 is 0 Å². The Morgan fingerprint density at radius 2 is 1.73 bits per heavy atom. The maximum atomic E-state index is 12.2. The molecule has 2 aromatic carbocycles. The minimum Gasteiger partial charge on any atom is -0.369 e. The van der Waals surface area contributed by atoms with Crippen molar-refractivity contribution in [1.82, 2.24) is 14.5 Å². The molecule has 0 unspecified atom stereocenters. The summed E-state index contributed by atoms with van der Waals surface area (Å²) in [7, 11) is 0. The van der Waals surface area contributed by atoms with E-state index in [2.05, 4.69) is 38.0 Å². The van der Waals surface area contributed by atoms with Gasteiger partial charge in [0.25, 0.3) is 5.56 Å². The Labute approximate surface area is 193 Å². The van der Waals surface area contributed by atoms with E-state index in [1.165, 1.54) is 11.3 Å². The molecule has 0 spiro atoms. The summed E-state index contributed by atoms with van der Waals surface area (Å²) in [6.45, 7) is 14.2. The molecule has 1 fully saturated rings. The van der Waals surface area contributed by atoms with E-state index in [0.29, 0.717) is 5.69 Å². The van der Waals surface area contributed by atoms with Crippen LogP contribution in [0.15, 0.2) is 71.8 Å². The molecular formula is C27H27N5O. The number of aromatic amines is 1. The lowest BCUT2D eigenvalue weighted by atomic mass is 10.1. The second kappa shape index (κ2) is 8.97. The highest BCUT2D eigenvalue weighted by molar-refractivity contribution is 5.86. The molecule has 3 heterocycles. The number of hydrogen-bond acceptors (Lipinski definition) is 3. The molecule has 1 aliphatic heterocycles. The first-order valence-corrected chi connectivity index (χ1v) is 11.4. The van der Waals surface area contributed by atoms with Crippen LogP contribution in [0.5, 0.6) is 0 Å². The molecule has 2 aromatic heterocycles. The van der Waals surface area contributed by atoms with Crippen LogP contribution in [0.2, 0.25) is 0 Å². The van der Waals surface area contributed by atoms with Crippen LogP contribution in [0.4, 0.5) is 11.4 Å². The minimum absolute atomic E-state index is 0.00289. The highest BCUT2D eigenvalue weighted by Crippen LogP contribution is 2.25. The quantitative estimate of drug-likeness (QED) is 0.466. The number of nitrogens with one attached hydrogen (secondary N) is 1. The van der Waals surface area contributed by atoms with Crippen molar-refractivity contribution in [2.24, 2.45) is 0 Å². The molecule has 0 radical (unpaired) electrons. The number of pyridine rings is 1. The first kappa shape index (κ1) is 21.0. The molecule has 4 aromatic rings. The fourth-order valence-corrected chi connectivity index (χ4v) is 4.57. The van der Waals surface area contributed by atoms with Gasteiger partial charge in [-0.1, -0.05) is 6.07 Å². The largest absolute Gasteiger partial charge is 0.369 e. The minimum atomic E-state index is -0.00289. The van der Waals surface area contributed by atoms with Gasteiger partial charge in [0.1, 0.15) is 0 Å². The third kappa shape index (κ3) is 4.41. The number of aromatic nitrogens is 2. The highest BCUT2D eigenvalue weighted by Gasteiger charge is 2.17. The number of aryl methyl sites for hydroxylation is 1. The summed E-state index contributed by atoms with van der Waals surface area (Å²) in [5, 5.41) is 1.16. The monoisotopic (exact) mass is 437 g/mol. The van der Waals surface area contributed by atoms with Crippen LogP contribution in [0.3, 0.4) is 0 Å². The molecule has 6 heteroatoms. The number of H-pyrrole nitrogens is 1. The Balaban J connectivity index is 1.18. The molecule has 5 rings (SSSR count). The van der Waals surface area contributed by atoms with Crippen LogP contribution in [0.1, 0.15) is 11.1 Å². The van der Waals surface area contributed by atoms with Gasteiger partial charge in [-0.05, 0) is 72.3 Å². The normalized spacial score (nSPS) is 14.5. The van der Waals surface area contributed by atoms with Crippen molar-refractivity contribution >= 4 is 22.3 Å². The summed E-state index contributed by atoms with van der Waals surface area (Å²) in [6.07, 6.45) is 4.89. The second-order valence-corrected chi connectivity index (χ2v) is 8.66. The van der Waals surface area contributed by atoms with Crippen molar-refractivity contribution in [3.05, 3.63) is 99.9 Å². The van der Waals surface area contributed by atoms with E-state index in [1.54, 1.807) is 10.6 Å². The Hall–Kier alpha value is -3.82. The van der Waals surface area contributed by atoms with Gasteiger partial charge in [0.15, 0.2) is 5.69 Å². The van der Waals surface area contributed by atoms with Gasteiger partial charge in [-0.2, -0.15) is 0 Å². The van der Waals surface area contributed by atoms with Crippen LogP contribution in [0, 0.1) is 13.5 Å². The number of hydrogen-bond donors (Lipinski definition) is 1. The molecule has 33 heavy (non-hydrogen) atoms. The van der Waals surface area contributed by atoms with Gasteiger partial charge in [-0.3, -0.25) is 14.3 Å². The van der Waals surface area contributed by atoms with E-state index < -0.39 is 0 Å². The zero-order valence-corrected chi connectivity index (χ0v) is 18.8. The van der Waals surface area contributed by atoms with Crippen molar-refractivity contribution in [2.75, 3.05) is 37.6 Å². The lowest BCUT2D eigenvalue weighted by molar-refractivity contribution is 0.261.